The number of anilines is 1. The molecule has 5 rings (SSSR count). The molecule has 0 bridgehead atoms. The number of nitrogens with zero attached hydrogens (tertiary/aromatic N) is 2. The lowest BCUT2D eigenvalue weighted by molar-refractivity contribution is 0.0937. The van der Waals surface area contributed by atoms with E-state index in [4.69, 9.17) is 14.2 Å². The average Bonchev–Trinajstić information content (AvgIpc) is 3.41. The Hall–Kier alpha value is -3.35. The maximum atomic E-state index is 13.1. The summed E-state index contributed by atoms with van der Waals surface area (Å²) in [6.45, 7) is 12.7. The van der Waals surface area contributed by atoms with Gasteiger partial charge in [0, 0.05) is 32.0 Å². The first-order valence-electron chi connectivity index (χ1n) is 15.1. The van der Waals surface area contributed by atoms with Crippen LogP contribution in [0.3, 0.4) is 0 Å². The fraction of sp³-hybridized carbons (Fsp3) is 0.457. The summed E-state index contributed by atoms with van der Waals surface area (Å²) in [6, 6.07) is 24.3. The second-order valence-electron chi connectivity index (χ2n) is 10.5. The molecule has 0 unspecified atom stereocenters. The summed E-state index contributed by atoms with van der Waals surface area (Å²) in [4.78, 5) is 17.3. The van der Waals surface area contributed by atoms with Gasteiger partial charge >= 0.3 is 0 Å². The molecular formula is C35H48N2O4. The standard InChI is InChI=1S/C28H30N2O3.C4H10O.C3H8/c1-21-7-5-16-29(21)17-6-18-32-25-13-11-24(12-14-25)30-20-33-27-19-23(10-15-26(27)28(30)31)22-8-3-2-4-9-22;1-3-4-5-2;1-3-2/h2-4,8-15,19,21H,5-7,16-18,20H2,1H3;3-4H2,1-2H3;3H2,1-2H3/t21-;;/m0../s1. The summed E-state index contributed by atoms with van der Waals surface area (Å²) in [5, 5.41) is 0. The lowest BCUT2D eigenvalue weighted by atomic mass is 10.0. The summed E-state index contributed by atoms with van der Waals surface area (Å²) >= 11 is 0. The Morgan fingerprint density at radius 1 is 0.927 bits per heavy atom. The first-order chi connectivity index (χ1) is 20.0. The van der Waals surface area contributed by atoms with Gasteiger partial charge in [-0.3, -0.25) is 9.69 Å². The lowest BCUT2D eigenvalue weighted by Gasteiger charge is -2.29. The molecule has 6 nitrogen and oxygen atoms in total. The van der Waals surface area contributed by atoms with Crippen LogP contribution in [0.2, 0.25) is 0 Å². The Kier molecular flexibility index (Phi) is 13.7. The van der Waals surface area contributed by atoms with Crippen LogP contribution >= 0.6 is 0 Å². The zero-order valence-corrected chi connectivity index (χ0v) is 25.6. The van der Waals surface area contributed by atoms with Gasteiger partial charge in [0.2, 0.25) is 0 Å². The highest BCUT2D eigenvalue weighted by atomic mass is 16.5. The van der Waals surface area contributed by atoms with Crippen molar-refractivity contribution in [3.8, 4) is 22.6 Å². The highest BCUT2D eigenvalue weighted by Gasteiger charge is 2.27. The van der Waals surface area contributed by atoms with E-state index >= 15 is 0 Å². The number of fused-ring (bicyclic) bond motifs is 1. The normalized spacial score (nSPS) is 16.1. The van der Waals surface area contributed by atoms with Gasteiger partial charge in [-0.05, 0) is 86.7 Å². The highest BCUT2D eigenvalue weighted by molar-refractivity contribution is 6.09. The third-order valence-electron chi connectivity index (χ3n) is 7.02. The van der Waals surface area contributed by atoms with Crippen LogP contribution in [-0.4, -0.2) is 57.0 Å². The maximum Gasteiger partial charge on any atom is 0.264 e. The third-order valence-corrected chi connectivity index (χ3v) is 7.02. The molecule has 0 aliphatic carbocycles. The Labute approximate surface area is 247 Å². The van der Waals surface area contributed by atoms with Crippen molar-refractivity contribution < 1.29 is 19.0 Å². The predicted octanol–water partition coefficient (Wildman–Crippen LogP) is 8.06. The predicted molar refractivity (Wildman–Crippen MR) is 169 cm³/mol. The summed E-state index contributed by atoms with van der Waals surface area (Å²) in [5.74, 6) is 1.40. The van der Waals surface area contributed by atoms with Gasteiger partial charge < -0.3 is 19.1 Å². The van der Waals surface area contributed by atoms with E-state index in [0.29, 0.717) is 24.0 Å². The molecule has 3 aromatic rings. The highest BCUT2D eigenvalue weighted by Crippen LogP contribution is 2.33. The van der Waals surface area contributed by atoms with Gasteiger partial charge in [0.05, 0.1) is 12.2 Å². The van der Waals surface area contributed by atoms with Crippen molar-refractivity contribution >= 4 is 11.6 Å². The summed E-state index contributed by atoms with van der Waals surface area (Å²) in [6.07, 6.45) is 6.00. The van der Waals surface area contributed by atoms with Crippen LogP contribution in [0.1, 0.15) is 70.2 Å². The molecule has 0 spiro atoms. The molecule has 0 N–H and O–H groups in total. The minimum absolute atomic E-state index is 0.0516. The summed E-state index contributed by atoms with van der Waals surface area (Å²) in [5.41, 5.74) is 3.52. The minimum Gasteiger partial charge on any atom is -0.494 e. The Balaban J connectivity index is 0.000000515. The Morgan fingerprint density at radius 3 is 2.27 bits per heavy atom. The quantitative estimate of drug-likeness (QED) is 0.248. The zero-order valence-electron chi connectivity index (χ0n) is 25.6. The molecule has 0 aromatic heterocycles. The number of likely N-dealkylation sites (tertiary alicyclic amines) is 1. The molecule has 222 valence electrons. The average molecular weight is 561 g/mol. The largest absolute Gasteiger partial charge is 0.494 e. The van der Waals surface area contributed by atoms with Crippen molar-refractivity contribution in [3.05, 3.63) is 78.4 Å². The van der Waals surface area contributed by atoms with Crippen molar-refractivity contribution in [1.82, 2.24) is 4.90 Å². The Bertz CT molecular complexity index is 1160. The molecule has 6 heteroatoms. The van der Waals surface area contributed by atoms with Crippen LogP contribution in [0.15, 0.2) is 72.8 Å². The van der Waals surface area contributed by atoms with E-state index in [-0.39, 0.29) is 12.6 Å². The van der Waals surface area contributed by atoms with E-state index in [9.17, 15) is 4.79 Å². The van der Waals surface area contributed by atoms with Crippen molar-refractivity contribution in [1.29, 1.82) is 0 Å². The molecular weight excluding hydrogens is 512 g/mol. The van der Waals surface area contributed by atoms with E-state index in [1.165, 1.54) is 25.8 Å². The maximum absolute atomic E-state index is 13.1. The van der Waals surface area contributed by atoms with E-state index < -0.39 is 0 Å². The number of benzene rings is 3. The van der Waals surface area contributed by atoms with Gasteiger partial charge in [-0.25, -0.2) is 0 Å². The third kappa shape index (κ3) is 9.61. The number of hydrogen-bond donors (Lipinski definition) is 0. The van der Waals surface area contributed by atoms with Crippen molar-refractivity contribution in [2.45, 2.75) is 65.8 Å². The van der Waals surface area contributed by atoms with E-state index in [1.54, 1.807) is 12.0 Å². The number of carbonyl (C=O) groups excluding carboxylic acids is 1. The minimum atomic E-state index is -0.0516. The summed E-state index contributed by atoms with van der Waals surface area (Å²) in [7, 11) is 1.71. The molecule has 1 fully saturated rings. The van der Waals surface area contributed by atoms with Crippen molar-refractivity contribution in [2.24, 2.45) is 0 Å². The van der Waals surface area contributed by atoms with Gasteiger partial charge in [0.15, 0.2) is 6.73 Å². The first kappa shape index (κ1) is 32.2. The van der Waals surface area contributed by atoms with Gasteiger partial charge in [-0.1, -0.05) is 63.6 Å². The van der Waals surface area contributed by atoms with Crippen LogP contribution in [0.4, 0.5) is 5.69 Å². The molecule has 2 heterocycles. The SMILES string of the molecule is CCC.CCCOC.C[C@H]1CCCN1CCCOc1ccc(N2COc3cc(-c4ccccc4)ccc3C2=O)cc1. The molecule has 1 saturated heterocycles. The summed E-state index contributed by atoms with van der Waals surface area (Å²) < 4.78 is 16.6. The molecule has 0 saturated carbocycles. The Morgan fingerprint density at radius 2 is 1.66 bits per heavy atom. The second-order valence-corrected chi connectivity index (χ2v) is 10.5. The zero-order chi connectivity index (χ0) is 29.5. The van der Waals surface area contributed by atoms with Crippen LogP contribution in [-0.2, 0) is 4.74 Å². The van der Waals surface area contributed by atoms with E-state index in [1.807, 2.05) is 60.7 Å². The fourth-order valence-corrected chi connectivity index (χ4v) is 4.87. The number of methoxy groups -OCH3 is 1. The van der Waals surface area contributed by atoms with Gasteiger partial charge in [0.1, 0.15) is 11.5 Å². The molecule has 41 heavy (non-hydrogen) atoms. The van der Waals surface area contributed by atoms with Gasteiger partial charge in [-0.15, -0.1) is 0 Å². The topological polar surface area (TPSA) is 51.2 Å². The fourth-order valence-electron chi connectivity index (χ4n) is 4.87. The monoisotopic (exact) mass is 560 g/mol. The number of ether oxygens (including phenoxy) is 3. The molecule has 2 aliphatic rings. The lowest BCUT2D eigenvalue weighted by Crippen LogP contribution is -2.38. The van der Waals surface area contributed by atoms with Crippen molar-refractivity contribution in [3.63, 3.8) is 0 Å². The number of rotatable bonds is 9. The molecule has 1 atom stereocenters. The van der Waals surface area contributed by atoms with Gasteiger partial charge in [-0.2, -0.15) is 0 Å². The van der Waals surface area contributed by atoms with Crippen LogP contribution < -0.4 is 14.4 Å². The molecule has 1 amide bonds. The van der Waals surface area contributed by atoms with Crippen LogP contribution in [0.5, 0.6) is 11.5 Å². The van der Waals surface area contributed by atoms with Crippen LogP contribution in [0.25, 0.3) is 11.1 Å². The van der Waals surface area contributed by atoms with Crippen LogP contribution in [0, 0.1) is 0 Å². The smallest absolute Gasteiger partial charge is 0.264 e. The number of carbonyl (C=O) groups is 1. The van der Waals surface area contributed by atoms with Crippen molar-refractivity contribution in [2.75, 3.05) is 45.0 Å². The number of hydrogen-bond acceptors (Lipinski definition) is 5. The second kappa shape index (κ2) is 17.5. The number of amides is 1. The van der Waals surface area contributed by atoms with Gasteiger partial charge in [0.25, 0.3) is 5.91 Å². The van der Waals surface area contributed by atoms with E-state index in [0.717, 1.165) is 48.6 Å². The molecule has 2 aliphatic heterocycles. The first-order valence-corrected chi connectivity index (χ1v) is 15.1. The molecule has 0 radical (unpaired) electrons. The molecule has 3 aromatic carbocycles. The van der Waals surface area contributed by atoms with E-state index in [2.05, 4.69) is 44.7 Å².